The number of hydrogen-bond donors (Lipinski definition) is 2. The van der Waals surface area contributed by atoms with E-state index in [1.165, 1.54) is 18.3 Å². The number of aromatic amines is 1. The quantitative estimate of drug-likeness (QED) is 0.860. The van der Waals surface area contributed by atoms with Crippen molar-refractivity contribution in [2.45, 2.75) is 42.4 Å². The lowest BCUT2D eigenvalue weighted by atomic mass is 10.3. The molecule has 106 valence electrons. The van der Waals surface area contributed by atoms with Crippen molar-refractivity contribution in [3.63, 3.8) is 0 Å². The molecule has 0 radical (unpaired) electrons. The third-order valence-corrected chi connectivity index (χ3v) is 5.93. The van der Waals surface area contributed by atoms with Gasteiger partial charge in [-0.15, -0.1) is 0 Å². The predicted octanol–water partition coefficient (Wildman–Crippen LogP) is 1.33. The summed E-state index contributed by atoms with van der Waals surface area (Å²) in [4.78, 5) is 13.4. The molecule has 1 heterocycles. The van der Waals surface area contributed by atoms with Gasteiger partial charge in [0, 0.05) is 23.6 Å². The van der Waals surface area contributed by atoms with Crippen molar-refractivity contribution in [1.82, 2.24) is 9.71 Å². The molecule has 1 aliphatic rings. The summed E-state index contributed by atoms with van der Waals surface area (Å²) in [6.45, 7) is 2.11. The minimum Gasteiger partial charge on any atom is -0.328 e. The second-order valence-corrected chi connectivity index (χ2v) is 7.89. The van der Waals surface area contributed by atoms with Crippen LogP contribution in [0, 0.1) is 0 Å². The van der Waals surface area contributed by atoms with E-state index in [2.05, 4.69) is 16.6 Å². The molecule has 2 atom stereocenters. The summed E-state index contributed by atoms with van der Waals surface area (Å²) in [7, 11) is -3.53. The van der Waals surface area contributed by atoms with Crippen molar-refractivity contribution in [1.29, 1.82) is 0 Å². The predicted molar refractivity (Wildman–Crippen MR) is 76.9 cm³/mol. The van der Waals surface area contributed by atoms with Crippen molar-refractivity contribution in [3.8, 4) is 0 Å². The normalized spacial score (nSPS) is 23.6. The minimum absolute atomic E-state index is 0.000906. The van der Waals surface area contributed by atoms with Gasteiger partial charge in [-0.05, 0) is 31.1 Å². The number of aromatic nitrogens is 1. The van der Waals surface area contributed by atoms with Crippen LogP contribution in [0.2, 0.25) is 0 Å². The van der Waals surface area contributed by atoms with Gasteiger partial charge in [-0.3, -0.25) is 4.79 Å². The van der Waals surface area contributed by atoms with E-state index < -0.39 is 10.0 Å². The SMILES string of the molecule is CCSC1CCC(NS(=O)(=O)c2ccc(=O)[nH]c2)C1. The van der Waals surface area contributed by atoms with E-state index in [0.717, 1.165) is 25.0 Å². The fraction of sp³-hybridized carbons (Fsp3) is 0.583. The van der Waals surface area contributed by atoms with Gasteiger partial charge in [-0.2, -0.15) is 11.8 Å². The first-order chi connectivity index (χ1) is 9.01. The zero-order valence-electron chi connectivity index (χ0n) is 10.8. The molecule has 2 rings (SSSR count). The van der Waals surface area contributed by atoms with E-state index in [0.29, 0.717) is 5.25 Å². The standard InChI is InChI=1S/C12H18N2O3S2/c1-2-18-10-4-3-9(7-10)14-19(16,17)11-5-6-12(15)13-8-11/h5-6,8-10,14H,2-4,7H2,1H3,(H,13,15). The van der Waals surface area contributed by atoms with Gasteiger partial charge in [0.15, 0.2) is 0 Å². The van der Waals surface area contributed by atoms with Crippen molar-refractivity contribution in [2.75, 3.05) is 5.75 Å². The number of nitrogens with one attached hydrogen (secondary N) is 2. The van der Waals surface area contributed by atoms with Crippen LogP contribution in [-0.4, -0.2) is 30.4 Å². The Morgan fingerprint density at radius 3 is 2.84 bits per heavy atom. The Bertz CT molecular complexity index is 562. The first kappa shape index (κ1) is 14.6. The first-order valence-corrected chi connectivity index (χ1v) is 8.87. The van der Waals surface area contributed by atoms with Gasteiger partial charge in [-0.1, -0.05) is 6.92 Å². The number of hydrogen-bond acceptors (Lipinski definition) is 4. The van der Waals surface area contributed by atoms with Crippen molar-refractivity contribution < 1.29 is 8.42 Å². The van der Waals surface area contributed by atoms with E-state index in [1.807, 2.05) is 11.8 Å². The molecule has 0 spiro atoms. The maximum atomic E-state index is 12.1. The number of sulfonamides is 1. The van der Waals surface area contributed by atoms with Crippen LogP contribution in [0.25, 0.3) is 0 Å². The smallest absolute Gasteiger partial charge is 0.247 e. The summed E-state index contributed by atoms with van der Waals surface area (Å²) in [5.41, 5.74) is -0.306. The molecule has 19 heavy (non-hydrogen) atoms. The van der Waals surface area contributed by atoms with Crippen LogP contribution in [0.3, 0.4) is 0 Å². The van der Waals surface area contributed by atoms with Gasteiger partial charge >= 0.3 is 0 Å². The van der Waals surface area contributed by atoms with Gasteiger partial charge < -0.3 is 4.98 Å². The highest BCUT2D eigenvalue weighted by molar-refractivity contribution is 7.99. The maximum Gasteiger partial charge on any atom is 0.247 e. The molecule has 1 aliphatic carbocycles. The summed E-state index contributed by atoms with van der Waals surface area (Å²) < 4.78 is 27.0. The van der Waals surface area contributed by atoms with Crippen LogP contribution >= 0.6 is 11.8 Å². The number of rotatable bonds is 5. The van der Waals surface area contributed by atoms with E-state index >= 15 is 0 Å². The second-order valence-electron chi connectivity index (χ2n) is 4.60. The van der Waals surface area contributed by atoms with Crippen LogP contribution < -0.4 is 10.3 Å². The highest BCUT2D eigenvalue weighted by Crippen LogP contribution is 2.30. The number of thioether (sulfide) groups is 1. The molecule has 1 aromatic heterocycles. The summed E-state index contributed by atoms with van der Waals surface area (Å²) in [5, 5.41) is 0.549. The molecule has 5 nitrogen and oxygen atoms in total. The van der Waals surface area contributed by atoms with Gasteiger partial charge in [0.1, 0.15) is 0 Å². The third-order valence-electron chi connectivity index (χ3n) is 3.17. The van der Waals surface area contributed by atoms with Crippen LogP contribution in [0.1, 0.15) is 26.2 Å². The molecule has 1 aromatic rings. The highest BCUT2D eigenvalue weighted by atomic mass is 32.2. The fourth-order valence-corrected chi connectivity index (χ4v) is 4.68. The zero-order chi connectivity index (χ0) is 13.9. The van der Waals surface area contributed by atoms with Crippen molar-refractivity contribution in [2.24, 2.45) is 0 Å². The summed E-state index contributed by atoms with van der Waals surface area (Å²) in [6, 6.07) is 2.55. The lowest BCUT2D eigenvalue weighted by Crippen LogP contribution is -2.33. The first-order valence-electron chi connectivity index (χ1n) is 6.34. The molecule has 2 N–H and O–H groups in total. The molecular formula is C12H18N2O3S2. The molecule has 0 bridgehead atoms. The Balaban J connectivity index is 2.02. The Hall–Kier alpha value is -0.790. The summed E-state index contributed by atoms with van der Waals surface area (Å²) >= 11 is 1.88. The monoisotopic (exact) mass is 302 g/mol. The Morgan fingerprint density at radius 1 is 1.42 bits per heavy atom. The maximum absolute atomic E-state index is 12.1. The molecule has 0 amide bonds. The molecular weight excluding hydrogens is 284 g/mol. The van der Waals surface area contributed by atoms with Gasteiger partial charge in [0.05, 0.1) is 4.90 Å². The van der Waals surface area contributed by atoms with Crippen LogP contribution in [0.15, 0.2) is 28.0 Å². The second kappa shape index (κ2) is 6.11. The molecule has 1 saturated carbocycles. The van der Waals surface area contributed by atoms with Crippen LogP contribution in [-0.2, 0) is 10.0 Å². The van der Waals surface area contributed by atoms with Gasteiger partial charge in [-0.25, -0.2) is 13.1 Å². The van der Waals surface area contributed by atoms with Crippen molar-refractivity contribution >= 4 is 21.8 Å². The number of H-pyrrole nitrogens is 1. The molecule has 0 saturated heterocycles. The van der Waals surface area contributed by atoms with E-state index in [4.69, 9.17) is 0 Å². The van der Waals surface area contributed by atoms with E-state index in [-0.39, 0.29) is 16.5 Å². The minimum atomic E-state index is -3.53. The molecule has 7 heteroatoms. The third kappa shape index (κ3) is 3.84. The topological polar surface area (TPSA) is 79.0 Å². The number of pyridine rings is 1. The van der Waals surface area contributed by atoms with Crippen molar-refractivity contribution in [3.05, 3.63) is 28.7 Å². The lowest BCUT2D eigenvalue weighted by Gasteiger charge is -2.13. The molecule has 1 fully saturated rings. The van der Waals surface area contributed by atoms with Gasteiger partial charge in [0.2, 0.25) is 15.6 Å². The molecule has 2 unspecified atom stereocenters. The highest BCUT2D eigenvalue weighted by Gasteiger charge is 2.28. The fourth-order valence-electron chi connectivity index (χ4n) is 2.29. The van der Waals surface area contributed by atoms with Crippen LogP contribution in [0.5, 0.6) is 0 Å². The average Bonchev–Trinajstić information content (AvgIpc) is 2.77. The lowest BCUT2D eigenvalue weighted by molar-refractivity contribution is 0.552. The summed E-state index contributed by atoms with van der Waals surface area (Å²) in [5.74, 6) is 1.06. The summed E-state index contributed by atoms with van der Waals surface area (Å²) in [6.07, 6.45) is 4.04. The van der Waals surface area contributed by atoms with Gasteiger partial charge in [0.25, 0.3) is 0 Å². The Kier molecular flexibility index (Phi) is 4.70. The van der Waals surface area contributed by atoms with Crippen LogP contribution in [0.4, 0.5) is 0 Å². The largest absolute Gasteiger partial charge is 0.328 e. The molecule has 0 aliphatic heterocycles. The Labute approximate surface area is 117 Å². The van der Waals surface area contributed by atoms with E-state index in [9.17, 15) is 13.2 Å². The zero-order valence-corrected chi connectivity index (χ0v) is 12.4. The Morgan fingerprint density at radius 2 is 2.21 bits per heavy atom. The molecule has 0 aromatic carbocycles. The van der Waals surface area contributed by atoms with E-state index in [1.54, 1.807) is 0 Å². The average molecular weight is 302 g/mol.